The van der Waals surface area contributed by atoms with Crippen LogP contribution in [0, 0.1) is 0 Å². The summed E-state index contributed by atoms with van der Waals surface area (Å²) in [5.74, 6) is 0. The van der Waals surface area contributed by atoms with E-state index in [2.05, 4.69) is 0 Å². The highest BCUT2D eigenvalue weighted by molar-refractivity contribution is 5.34. The molecule has 0 fully saturated rings. The Morgan fingerprint density at radius 1 is 1.67 bits per heavy atom. The van der Waals surface area contributed by atoms with Crippen LogP contribution in [0.4, 0.5) is 5.69 Å². The largest absolute Gasteiger partial charge is 0.291 e. The second kappa shape index (κ2) is 2.46. The fourth-order valence-corrected chi connectivity index (χ4v) is 0.654. The van der Waals surface area contributed by atoms with E-state index in [1.54, 1.807) is 12.3 Å². The second-order valence-electron chi connectivity index (χ2n) is 1.87. The first-order valence-corrected chi connectivity index (χ1v) is 2.68. The molecule has 0 radical (unpaired) electrons. The molecule has 0 aliphatic carbocycles. The second-order valence-corrected chi connectivity index (χ2v) is 1.87. The number of anilines is 1. The minimum Gasteiger partial charge on any atom is -0.291 e. The maximum Gasteiger partial charge on any atom is 0.194 e. The zero-order valence-electron chi connectivity index (χ0n) is 5.20. The average Bonchev–Trinajstić information content (AvgIpc) is 1.88. The molecule has 0 bridgehead atoms. The topological polar surface area (TPSA) is 36.1 Å². The average molecular weight is 125 g/mol. The predicted molar refractivity (Wildman–Crippen MR) is 33.0 cm³/mol. The normalized spacial score (nSPS) is 9.11. The van der Waals surface area contributed by atoms with Crippen molar-refractivity contribution in [2.45, 2.75) is 0 Å². The number of pyridine rings is 1. The van der Waals surface area contributed by atoms with Crippen LogP contribution in [0.25, 0.3) is 0 Å². The van der Waals surface area contributed by atoms with Crippen molar-refractivity contribution in [2.75, 3.05) is 5.48 Å². The number of rotatable bonds is 1. The summed E-state index contributed by atoms with van der Waals surface area (Å²) in [5.41, 5.74) is 2.74. The first-order chi connectivity index (χ1) is 4.33. The van der Waals surface area contributed by atoms with Gasteiger partial charge in [-0.3, -0.25) is 10.7 Å². The highest BCUT2D eigenvalue weighted by Crippen LogP contribution is 1.97. The molecule has 0 aliphatic heterocycles. The van der Waals surface area contributed by atoms with Gasteiger partial charge in [0.15, 0.2) is 12.4 Å². The third kappa shape index (κ3) is 1.40. The van der Waals surface area contributed by atoms with Crippen molar-refractivity contribution in [3.05, 3.63) is 24.5 Å². The van der Waals surface area contributed by atoms with E-state index in [1.165, 1.54) is 0 Å². The zero-order valence-corrected chi connectivity index (χ0v) is 5.20. The SMILES string of the molecule is C[n+]1cccc(NO)c1. The van der Waals surface area contributed by atoms with Crippen molar-refractivity contribution in [3.8, 4) is 0 Å². The van der Waals surface area contributed by atoms with Gasteiger partial charge in [0.2, 0.25) is 0 Å². The Balaban J connectivity index is 2.94. The van der Waals surface area contributed by atoms with Crippen LogP contribution < -0.4 is 10.0 Å². The lowest BCUT2D eigenvalue weighted by molar-refractivity contribution is -0.670. The highest BCUT2D eigenvalue weighted by Gasteiger charge is 1.92. The van der Waals surface area contributed by atoms with Crippen LogP contribution in [0.15, 0.2) is 24.5 Å². The molecule has 0 amide bonds. The van der Waals surface area contributed by atoms with Gasteiger partial charge in [-0.25, -0.2) is 4.57 Å². The van der Waals surface area contributed by atoms with E-state index in [-0.39, 0.29) is 0 Å². The smallest absolute Gasteiger partial charge is 0.194 e. The molecule has 0 spiro atoms. The molecule has 1 aromatic rings. The predicted octanol–water partition coefficient (Wildman–Crippen LogP) is 0.312. The van der Waals surface area contributed by atoms with Crippen molar-refractivity contribution >= 4 is 5.69 Å². The van der Waals surface area contributed by atoms with E-state index < -0.39 is 0 Å². The van der Waals surface area contributed by atoms with Crippen molar-refractivity contribution in [2.24, 2.45) is 7.05 Å². The Labute approximate surface area is 53.5 Å². The molecular weight excluding hydrogens is 116 g/mol. The maximum absolute atomic E-state index is 8.40. The summed E-state index contributed by atoms with van der Waals surface area (Å²) in [5, 5.41) is 8.40. The van der Waals surface area contributed by atoms with Crippen LogP contribution in [0.2, 0.25) is 0 Å². The van der Waals surface area contributed by atoms with Crippen LogP contribution >= 0.6 is 0 Å². The molecule has 0 aliphatic rings. The Hall–Kier alpha value is -1.09. The maximum atomic E-state index is 8.40. The molecule has 48 valence electrons. The van der Waals surface area contributed by atoms with Crippen molar-refractivity contribution in [3.63, 3.8) is 0 Å². The fourth-order valence-electron chi connectivity index (χ4n) is 0.654. The first-order valence-electron chi connectivity index (χ1n) is 2.68. The summed E-state index contributed by atoms with van der Waals surface area (Å²) in [6.07, 6.45) is 3.67. The lowest BCUT2D eigenvalue weighted by Gasteiger charge is -1.92. The standard InChI is InChI=1S/C6H9N2O/c1-8-4-2-3-6(5-8)7-9/h2-5,7,9H,1H3/q+1. The van der Waals surface area contributed by atoms with Gasteiger partial charge < -0.3 is 0 Å². The Kier molecular flexibility index (Phi) is 1.65. The van der Waals surface area contributed by atoms with Gasteiger partial charge >= 0.3 is 0 Å². The molecule has 3 heteroatoms. The quantitative estimate of drug-likeness (QED) is 0.418. The number of aryl methyl sites for hydroxylation is 1. The van der Waals surface area contributed by atoms with Gasteiger partial charge in [0, 0.05) is 6.07 Å². The fraction of sp³-hybridized carbons (Fsp3) is 0.167. The number of aromatic nitrogens is 1. The van der Waals surface area contributed by atoms with Crippen LogP contribution in [0.5, 0.6) is 0 Å². The molecule has 0 atom stereocenters. The van der Waals surface area contributed by atoms with Crippen molar-refractivity contribution < 1.29 is 9.77 Å². The minimum absolute atomic E-state index is 0.694. The first kappa shape index (κ1) is 6.04. The monoisotopic (exact) mass is 125 g/mol. The number of hydrogen-bond donors (Lipinski definition) is 2. The number of nitrogens with zero attached hydrogens (tertiary/aromatic N) is 1. The van der Waals surface area contributed by atoms with E-state index in [1.807, 2.05) is 29.4 Å². The van der Waals surface area contributed by atoms with Gasteiger partial charge in [-0.1, -0.05) is 0 Å². The van der Waals surface area contributed by atoms with Crippen LogP contribution in [0.1, 0.15) is 0 Å². The molecule has 1 aromatic heterocycles. The molecule has 2 N–H and O–H groups in total. The summed E-state index contributed by atoms with van der Waals surface area (Å²) in [7, 11) is 1.89. The van der Waals surface area contributed by atoms with E-state index in [4.69, 9.17) is 5.21 Å². The van der Waals surface area contributed by atoms with Crippen LogP contribution in [-0.2, 0) is 7.05 Å². The third-order valence-electron chi connectivity index (χ3n) is 1.07. The molecule has 3 nitrogen and oxygen atoms in total. The minimum atomic E-state index is 0.694. The summed E-state index contributed by atoms with van der Waals surface area (Å²) in [6.45, 7) is 0. The van der Waals surface area contributed by atoms with E-state index in [0.29, 0.717) is 5.69 Å². The van der Waals surface area contributed by atoms with E-state index >= 15 is 0 Å². The van der Waals surface area contributed by atoms with Crippen molar-refractivity contribution in [1.29, 1.82) is 0 Å². The summed E-state index contributed by atoms with van der Waals surface area (Å²) < 4.78 is 1.85. The lowest BCUT2D eigenvalue weighted by atomic mass is 10.4. The highest BCUT2D eigenvalue weighted by atomic mass is 16.5. The van der Waals surface area contributed by atoms with E-state index in [9.17, 15) is 0 Å². The van der Waals surface area contributed by atoms with Crippen LogP contribution in [0.3, 0.4) is 0 Å². The summed E-state index contributed by atoms with van der Waals surface area (Å²) >= 11 is 0. The molecule has 0 saturated heterocycles. The van der Waals surface area contributed by atoms with Gasteiger partial charge in [0.05, 0.1) is 0 Å². The third-order valence-corrected chi connectivity index (χ3v) is 1.07. The summed E-state index contributed by atoms with van der Waals surface area (Å²) in [6, 6.07) is 3.62. The van der Waals surface area contributed by atoms with E-state index in [0.717, 1.165) is 0 Å². The van der Waals surface area contributed by atoms with Gasteiger partial charge in [-0.2, -0.15) is 0 Å². The summed E-state index contributed by atoms with van der Waals surface area (Å²) in [4.78, 5) is 0. The lowest BCUT2D eigenvalue weighted by Crippen LogP contribution is -2.26. The van der Waals surface area contributed by atoms with Gasteiger partial charge in [0.1, 0.15) is 12.7 Å². The molecular formula is C6H9N2O+. The molecule has 0 unspecified atom stereocenters. The van der Waals surface area contributed by atoms with Gasteiger partial charge in [-0.15, -0.1) is 0 Å². The molecule has 1 rings (SSSR count). The molecule has 0 aromatic carbocycles. The molecule has 9 heavy (non-hydrogen) atoms. The number of nitrogens with one attached hydrogen (secondary N) is 1. The van der Waals surface area contributed by atoms with Crippen LogP contribution in [-0.4, -0.2) is 5.21 Å². The Bertz CT molecular complexity index is 200. The molecule has 0 saturated carbocycles. The van der Waals surface area contributed by atoms with Gasteiger partial charge in [-0.05, 0) is 6.07 Å². The Morgan fingerprint density at radius 3 is 2.89 bits per heavy atom. The zero-order chi connectivity index (χ0) is 6.69. The molecule has 1 heterocycles. The van der Waals surface area contributed by atoms with Gasteiger partial charge in [0.25, 0.3) is 0 Å². The Morgan fingerprint density at radius 2 is 2.44 bits per heavy atom. The number of hydrogen-bond acceptors (Lipinski definition) is 2. The van der Waals surface area contributed by atoms with Crippen molar-refractivity contribution in [1.82, 2.24) is 0 Å².